The van der Waals surface area contributed by atoms with Gasteiger partial charge in [-0.25, -0.2) is 0 Å². The highest BCUT2D eigenvalue weighted by molar-refractivity contribution is 6.25. The molecule has 0 amide bonds. The van der Waals surface area contributed by atoms with Crippen LogP contribution in [0.4, 0.5) is 0 Å². The lowest BCUT2D eigenvalue weighted by atomic mass is 9.90. The quantitative estimate of drug-likeness (QED) is 0.228. The van der Waals surface area contributed by atoms with Crippen molar-refractivity contribution in [3.05, 3.63) is 78.9 Å². The van der Waals surface area contributed by atoms with Crippen molar-refractivity contribution in [1.29, 1.82) is 0 Å². The largest absolute Gasteiger partial charge is 0.491 e. The summed E-state index contributed by atoms with van der Waals surface area (Å²) in [5.41, 5.74) is 2.30. The molecule has 5 rings (SSSR count). The summed E-state index contributed by atoms with van der Waals surface area (Å²) in [6, 6.07) is 28.1. The van der Waals surface area contributed by atoms with E-state index in [-0.39, 0.29) is 0 Å². The minimum absolute atomic E-state index is 0.507. The number of hydrogen-bond donors (Lipinski definition) is 0. The van der Waals surface area contributed by atoms with Crippen molar-refractivity contribution in [3.63, 3.8) is 0 Å². The zero-order valence-corrected chi connectivity index (χ0v) is 17.1. The fourth-order valence-corrected chi connectivity index (χ4v) is 4.24. The fourth-order valence-electron chi connectivity index (χ4n) is 4.24. The maximum absolute atomic E-state index is 6.10. The molecule has 0 aromatic heterocycles. The van der Waals surface area contributed by atoms with Gasteiger partial charge in [-0.15, -0.1) is 0 Å². The summed E-state index contributed by atoms with van der Waals surface area (Å²) in [6.07, 6.45) is 0. The number of para-hydroxylation sites is 1. The van der Waals surface area contributed by atoms with Gasteiger partial charge in [0.15, 0.2) is 0 Å². The maximum Gasteiger partial charge on any atom is 0.127 e. The first-order chi connectivity index (χ1) is 14.9. The first kappa shape index (κ1) is 18.9. The summed E-state index contributed by atoms with van der Waals surface area (Å²) in [5, 5.41) is 7.73. The topological polar surface area (TPSA) is 27.7 Å². The lowest BCUT2D eigenvalue weighted by Gasteiger charge is -2.16. The van der Waals surface area contributed by atoms with Gasteiger partial charge in [0.05, 0.1) is 19.8 Å². The van der Waals surface area contributed by atoms with Crippen LogP contribution in [0.15, 0.2) is 78.9 Å². The molecule has 0 aliphatic rings. The molecule has 0 radical (unpaired) electrons. The van der Waals surface area contributed by atoms with E-state index in [0.29, 0.717) is 26.4 Å². The zero-order chi connectivity index (χ0) is 20.3. The maximum atomic E-state index is 6.10. The van der Waals surface area contributed by atoms with Crippen LogP contribution >= 0.6 is 0 Å². The summed E-state index contributed by atoms with van der Waals surface area (Å²) in [7, 11) is 1.67. The van der Waals surface area contributed by atoms with Gasteiger partial charge < -0.3 is 14.2 Å². The molecule has 0 saturated carbocycles. The van der Waals surface area contributed by atoms with E-state index >= 15 is 0 Å². The van der Waals surface area contributed by atoms with Crippen LogP contribution in [-0.2, 0) is 9.47 Å². The average Bonchev–Trinajstić information content (AvgIpc) is 2.80. The zero-order valence-electron chi connectivity index (χ0n) is 17.1. The van der Waals surface area contributed by atoms with Crippen molar-refractivity contribution < 1.29 is 14.2 Å². The predicted octanol–water partition coefficient (Wildman–Crippen LogP) is 6.29. The highest BCUT2D eigenvalue weighted by atomic mass is 16.5. The molecule has 0 heterocycles. The van der Waals surface area contributed by atoms with Gasteiger partial charge >= 0.3 is 0 Å². The van der Waals surface area contributed by atoms with Gasteiger partial charge in [0.25, 0.3) is 0 Å². The SMILES string of the molecule is COCCOCCOc1ccccc1-c1ccc2ccc3cccc4ccc1c2c34. The van der Waals surface area contributed by atoms with E-state index in [1.807, 2.05) is 12.1 Å². The molecule has 150 valence electrons. The molecular weight excluding hydrogens is 372 g/mol. The second kappa shape index (κ2) is 8.31. The van der Waals surface area contributed by atoms with Gasteiger partial charge in [0.2, 0.25) is 0 Å². The number of hydrogen-bond acceptors (Lipinski definition) is 3. The Balaban J connectivity index is 1.55. The van der Waals surface area contributed by atoms with Gasteiger partial charge in [0.1, 0.15) is 12.4 Å². The third-order valence-electron chi connectivity index (χ3n) is 5.62. The smallest absolute Gasteiger partial charge is 0.127 e. The highest BCUT2D eigenvalue weighted by Gasteiger charge is 2.14. The van der Waals surface area contributed by atoms with Crippen molar-refractivity contribution in [1.82, 2.24) is 0 Å². The third kappa shape index (κ3) is 3.36. The van der Waals surface area contributed by atoms with Crippen LogP contribution in [0.3, 0.4) is 0 Å². The first-order valence-corrected chi connectivity index (χ1v) is 10.3. The molecule has 30 heavy (non-hydrogen) atoms. The summed E-state index contributed by atoms with van der Waals surface area (Å²) in [5.74, 6) is 0.878. The first-order valence-electron chi connectivity index (χ1n) is 10.3. The van der Waals surface area contributed by atoms with E-state index in [2.05, 4.69) is 66.7 Å². The van der Waals surface area contributed by atoms with Crippen molar-refractivity contribution >= 4 is 32.3 Å². The van der Waals surface area contributed by atoms with Crippen LogP contribution in [0.2, 0.25) is 0 Å². The molecular formula is C27H24O3. The Labute approximate surface area is 176 Å². The van der Waals surface area contributed by atoms with Gasteiger partial charge in [-0.1, -0.05) is 72.8 Å². The second-order valence-electron chi connectivity index (χ2n) is 7.42. The van der Waals surface area contributed by atoms with E-state index in [0.717, 1.165) is 11.3 Å². The minimum Gasteiger partial charge on any atom is -0.491 e. The van der Waals surface area contributed by atoms with E-state index in [9.17, 15) is 0 Å². The molecule has 0 aliphatic heterocycles. The molecule has 0 aliphatic carbocycles. The summed E-state index contributed by atoms with van der Waals surface area (Å²) in [6.45, 7) is 2.22. The van der Waals surface area contributed by atoms with Crippen LogP contribution in [0.5, 0.6) is 5.75 Å². The fraction of sp³-hybridized carbons (Fsp3) is 0.185. The van der Waals surface area contributed by atoms with Crippen LogP contribution in [0.1, 0.15) is 0 Å². The molecule has 0 bridgehead atoms. The lowest BCUT2D eigenvalue weighted by molar-refractivity contribution is 0.0545. The normalized spacial score (nSPS) is 11.6. The van der Waals surface area contributed by atoms with Crippen LogP contribution in [0.25, 0.3) is 43.4 Å². The Morgan fingerprint density at radius 3 is 2.10 bits per heavy atom. The Morgan fingerprint density at radius 1 is 0.567 bits per heavy atom. The van der Waals surface area contributed by atoms with Crippen LogP contribution in [0, 0.1) is 0 Å². The molecule has 0 spiro atoms. The van der Waals surface area contributed by atoms with Gasteiger partial charge in [-0.3, -0.25) is 0 Å². The van der Waals surface area contributed by atoms with E-state index in [1.54, 1.807) is 7.11 Å². The molecule has 3 heteroatoms. The van der Waals surface area contributed by atoms with Crippen LogP contribution < -0.4 is 4.74 Å². The Hall–Kier alpha value is -3.14. The van der Waals surface area contributed by atoms with Crippen LogP contribution in [-0.4, -0.2) is 33.5 Å². The van der Waals surface area contributed by atoms with E-state index in [1.165, 1.54) is 37.9 Å². The summed E-state index contributed by atoms with van der Waals surface area (Å²) < 4.78 is 16.6. The Morgan fingerprint density at radius 2 is 1.27 bits per heavy atom. The van der Waals surface area contributed by atoms with Crippen molar-refractivity contribution in [2.75, 3.05) is 33.5 Å². The summed E-state index contributed by atoms with van der Waals surface area (Å²) >= 11 is 0. The standard InChI is InChI=1S/C27H24O3/c1-28-15-16-29-17-18-30-25-8-3-2-7-23(25)22-13-11-21-10-9-19-5-4-6-20-12-14-24(22)27(21)26(19)20/h2-14H,15-18H2,1H3. The molecule has 0 N–H and O–H groups in total. The molecule has 0 fully saturated rings. The highest BCUT2D eigenvalue weighted by Crippen LogP contribution is 2.41. The van der Waals surface area contributed by atoms with Crippen molar-refractivity contribution in [2.24, 2.45) is 0 Å². The molecule has 0 atom stereocenters. The number of rotatable bonds is 8. The second-order valence-corrected chi connectivity index (χ2v) is 7.42. The molecule has 5 aromatic carbocycles. The van der Waals surface area contributed by atoms with Gasteiger partial charge in [-0.2, -0.15) is 0 Å². The average molecular weight is 396 g/mol. The lowest BCUT2D eigenvalue weighted by Crippen LogP contribution is -2.10. The predicted molar refractivity (Wildman–Crippen MR) is 124 cm³/mol. The number of ether oxygens (including phenoxy) is 3. The third-order valence-corrected chi connectivity index (χ3v) is 5.62. The summed E-state index contributed by atoms with van der Waals surface area (Å²) in [4.78, 5) is 0. The van der Waals surface area contributed by atoms with Gasteiger partial charge in [-0.05, 0) is 43.9 Å². The molecule has 0 saturated heterocycles. The monoisotopic (exact) mass is 396 g/mol. The minimum atomic E-state index is 0.507. The molecule has 3 nitrogen and oxygen atoms in total. The van der Waals surface area contributed by atoms with Crippen molar-refractivity contribution in [3.8, 4) is 16.9 Å². The van der Waals surface area contributed by atoms with Crippen molar-refractivity contribution in [2.45, 2.75) is 0 Å². The van der Waals surface area contributed by atoms with Gasteiger partial charge in [0, 0.05) is 12.7 Å². The Bertz CT molecular complexity index is 1280. The molecule has 0 unspecified atom stereocenters. The Kier molecular flexibility index (Phi) is 5.22. The van der Waals surface area contributed by atoms with E-state index in [4.69, 9.17) is 14.2 Å². The number of methoxy groups -OCH3 is 1. The molecule has 5 aromatic rings. The van der Waals surface area contributed by atoms with E-state index < -0.39 is 0 Å². The number of benzene rings is 5.